The summed E-state index contributed by atoms with van der Waals surface area (Å²) in [6, 6.07) is 10.8. The minimum Gasteiger partial charge on any atom is -0.496 e. The van der Waals surface area contributed by atoms with Crippen LogP contribution in [0.3, 0.4) is 0 Å². The number of amides is 2. The highest BCUT2D eigenvalue weighted by molar-refractivity contribution is 9.10. The molecular formula is C21H21BrN2O4S. The third-order valence-electron chi connectivity index (χ3n) is 4.30. The van der Waals surface area contributed by atoms with Crippen molar-refractivity contribution in [2.75, 3.05) is 24.8 Å². The van der Waals surface area contributed by atoms with Gasteiger partial charge in [0, 0.05) is 39.0 Å². The molecule has 152 valence electrons. The van der Waals surface area contributed by atoms with Gasteiger partial charge in [-0.25, -0.2) is 0 Å². The molecule has 0 spiro atoms. The van der Waals surface area contributed by atoms with Gasteiger partial charge < -0.3 is 20.1 Å². The third kappa shape index (κ3) is 5.55. The minimum atomic E-state index is -0.322. The standard InChI is InChI=1S/C21H21BrN2O4S/c1-13-3-4-14(10-17(13)24-21(26)19-12-29-8-7-28-19)20(25)23-11-15-9-16(22)5-6-18(15)27-2/h3-6,9-10,12H,7-8,11H2,1-2H3,(H,23,25)(H,24,26). The number of hydrogen-bond donors (Lipinski definition) is 2. The monoisotopic (exact) mass is 476 g/mol. The fraction of sp³-hybridized carbons (Fsp3) is 0.238. The Kier molecular flexibility index (Phi) is 7.22. The van der Waals surface area contributed by atoms with Gasteiger partial charge in [0.2, 0.25) is 0 Å². The summed E-state index contributed by atoms with van der Waals surface area (Å²) in [5, 5.41) is 7.42. The van der Waals surface area contributed by atoms with Gasteiger partial charge in [0.1, 0.15) is 5.75 Å². The highest BCUT2D eigenvalue weighted by atomic mass is 79.9. The summed E-state index contributed by atoms with van der Waals surface area (Å²) in [6.45, 7) is 2.69. The second-order valence-corrected chi connectivity index (χ2v) is 8.22. The molecule has 0 saturated heterocycles. The molecule has 1 aliphatic rings. The summed E-state index contributed by atoms with van der Waals surface area (Å²) >= 11 is 4.96. The van der Waals surface area contributed by atoms with Gasteiger partial charge in [0.05, 0.1) is 13.7 Å². The Bertz CT molecular complexity index is 962. The number of nitrogens with one attached hydrogen (secondary N) is 2. The van der Waals surface area contributed by atoms with E-state index in [4.69, 9.17) is 9.47 Å². The van der Waals surface area contributed by atoms with Gasteiger partial charge in [-0.15, -0.1) is 11.8 Å². The van der Waals surface area contributed by atoms with Crippen LogP contribution in [0.4, 0.5) is 5.69 Å². The first kappa shape index (κ1) is 21.3. The van der Waals surface area contributed by atoms with Crippen LogP contribution in [0.25, 0.3) is 0 Å². The molecule has 2 aromatic rings. The van der Waals surface area contributed by atoms with E-state index in [1.165, 1.54) is 11.8 Å². The molecular weight excluding hydrogens is 456 g/mol. The van der Waals surface area contributed by atoms with E-state index in [9.17, 15) is 9.59 Å². The maximum atomic E-state index is 12.6. The maximum absolute atomic E-state index is 12.6. The number of methoxy groups -OCH3 is 1. The fourth-order valence-electron chi connectivity index (χ4n) is 2.73. The first-order chi connectivity index (χ1) is 14.0. The number of hydrogen-bond acceptors (Lipinski definition) is 5. The fourth-order valence-corrected chi connectivity index (χ4v) is 3.76. The average molecular weight is 477 g/mol. The molecule has 29 heavy (non-hydrogen) atoms. The molecule has 0 fully saturated rings. The molecule has 0 aromatic heterocycles. The summed E-state index contributed by atoms with van der Waals surface area (Å²) in [4.78, 5) is 25.0. The highest BCUT2D eigenvalue weighted by Crippen LogP contribution is 2.24. The Morgan fingerprint density at radius 3 is 2.76 bits per heavy atom. The Hall–Kier alpha value is -2.45. The quantitative estimate of drug-likeness (QED) is 0.651. The lowest BCUT2D eigenvalue weighted by molar-refractivity contribution is -0.116. The summed E-state index contributed by atoms with van der Waals surface area (Å²) in [6.07, 6.45) is 0. The molecule has 2 N–H and O–H groups in total. The lowest BCUT2D eigenvalue weighted by Crippen LogP contribution is -2.24. The molecule has 0 aliphatic carbocycles. The van der Waals surface area contributed by atoms with Crippen molar-refractivity contribution >= 4 is 45.2 Å². The van der Waals surface area contributed by atoms with Crippen molar-refractivity contribution in [2.24, 2.45) is 0 Å². The van der Waals surface area contributed by atoms with Crippen molar-refractivity contribution < 1.29 is 19.1 Å². The topological polar surface area (TPSA) is 76.7 Å². The predicted molar refractivity (Wildman–Crippen MR) is 118 cm³/mol. The van der Waals surface area contributed by atoms with Gasteiger partial charge in [0.25, 0.3) is 11.8 Å². The number of ether oxygens (including phenoxy) is 2. The van der Waals surface area contributed by atoms with Gasteiger partial charge in [-0.05, 0) is 42.8 Å². The van der Waals surface area contributed by atoms with E-state index in [1.54, 1.807) is 30.7 Å². The molecule has 0 bridgehead atoms. The van der Waals surface area contributed by atoms with Gasteiger partial charge in [0.15, 0.2) is 5.76 Å². The van der Waals surface area contributed by atoms with Crippen LogP contribution in [0.15, 0.2) is 52.0 Å². The number of thioether (sulfide) groups is 1. The van der Waals surface area contributed by atoms with Crippen molar-refractivity contribution in [3.05, 3.63) is 68.7 Å². The summed E-state index contributed by atoms with van der Waals surface area (Å²) < 4.78 is 11.6. The first-order valence-electron chi connectivity index (χ1n) is 8.95. The van der Waals surface area contributed by atoms with Crippen LogP contribution in [0.5, 0.6) is 5.75 Å². The van der Waals surface area contributed by atoms with Crippen molar-refractivity contribution in [1.29, 1.82) is 0 Å². The third-order valence-corrected chi connectivity index (χ3v) is 5.58. The van der Waals surface area contributed by atoms with Gasteiger partial charge in [-0.3, -0.25) is 9.59 Å². The van der Waals surface area contributed by atoms with E-state index in [0.29, 0.717) is 30.2 Å². The van der Waals surface area contributed by atoms with Crippen molar-refractivity contribution in [1.82, 2.24) is 5.32 Å². The second-order valence-electron chi connectivity index (χ2n) is 6.32. The molecule has 3 rings (SSSR count). The summed E-state index contributed by atoms with van der Waals surface area (Å²) in [7, 11) is 1.59. The van der Waals surface area contributed by atoms with E-state index in [0.717, 1.165) is 21.4 Å². The predicted octanol–water partition coefficient (Wildman–Crippen LogP) is 4.24. The maximum Gasteiger partial charge on any atom is 0.291 e. The number of rotatable bonds is 6. The van der Waals surface area contributed by atoms with Crippen LogP contribution in [0, 0.1) is 6.92 Å². The number of halogens is 1. The van der Waals surface area contributed by atoms with E-state index >= 15 is 0 Å². The average Bonchev–Trinajstić information content (AvgIpc) is 2.74. The molecule has 1 heterocycles. The smallest absolute Gasteiger partial charge is 0.291 e. The summed E-state index contributed by atoms with van der Waals surface area (Å²) in [5.74, 6) is 1.25. The zero-order valence-corrected chi connectivity index (χ0v) is 18.5. The van der Waals surface area contributed by atoms with Crippen LogP contribution in [-0.2, 0) is 16.1 Å². The molecule has 0 saturated carbocycles. The summed E-state index contributed by atoms with van der Waals surface area (Å²) in [5.41, 5.74) is 2.73. The van der Waals surface area contributed by atoms with E-state index in [2.05, 4.69) is 26.6 Å². The number of benzene rings is 2. The second kappa shape index (κ2) is 9.84. The van der Waals surface area contributed by atoms with Gasteiger partial charge >= 0.3 is 0 Å². The van der Waals surface area contributed by atoms with Crippen molar-refractivity contribution in [2.45, 2.75) is 13.5 Å². The molecule has 0 radical (unpaired) electrons. The minimum absolute atomic E-state index is 0.244. The Labute approximate surface area is 182 Å². The highest BCUT2D eigenvalue weighted by Gasteiger charge is 2.16. The molecule has 0 atom stereocenters. The normalized spacial score (nSPS) is 13.1. The van der Waals surface area contributed by atoms with Crippen LogP contribution in [-0.4, -0.2) is 31.3 Å². The van der Waals surface area contributed by atoms with Gasteiger partial charge in [-0.2, -0.15) is 0 Å². The SMILES string of the molecule is COc1ccc(Br)cc1CNC(=O)c1ccc(C)c(NC(=O)C2=CSCCO2)c1. The number of carbonyl (C=O) groups is 2. The Morgan fingerprint density at radius 2 is 2.03 bits per heavy atom. The van der Waals surface area contributed by atoms with Crippen molar-refractivity contribution in [3.63, 3.8) is 0 Å². The zero-order valence-electron chi connectivity index (χ0n) is 16.1. The Morgan fingerprint density at radius 1 is 1.21 bits per heavy atom. The largest absolute Gasteiger partial charge is 0.496 e. The molecule has 2 aromatic carbocycles. The van der Waals surface area contributed by atoms with Crippen LogP contribution < -0.4 is 15.4 Å². The number of anilines is 1. The lowest BCUT2D eigenvalue weighted by atomic mass is 10.1. The van der Waals surface area contributed by atoms with Crippen LogP contribution in [0.2, 0.25) is 0 Å². The number of aryl methyl sites for hydroxylation is 1. The first-order valence-corrected chi connectivity index (χ1v) is 10.8. The van der Waals surface area contributed by atoms with Crippen LogP contribution in [0.1, 0.15) is 21.5 Å². The molecule has 2 amide bonds. The van der Waals surface area contributed by atoms with E-state index in [1.807, 2.05) is 25.1 Å². The van der Waals surface area contributed by atoms with Gasteiger partial charge in [-0.1, -0.05) is 22.0 Å². The lowest BCUT2D eigenvalue weighted by Gasteiger charge is -2.16. The Balaban J connectivity index is 1.70. The number of carbonyl (C=O) groups excluding carboxylic acids is 2. The van der Waals surface area contributed by atoms with Crippen molar-refractivity contribution in [3.8, 4) is 5.75 Å². The molecule has 1 aliphatic heterocycles. The molecule has 6 nitrogen and oxygen atoms in total. The molecule has 8 heteroatoms. The molecule has 0 unspecified atom stereocenters. The van der Waals surface area contributed by atoms with Crippen LogP contribution >= 0.6 is 27.7 Å². The zero-order chi connectivity index (χ0) is 20.8. The van der Waals surface area contributed by atoms with E-state index < -0.39 is 0 Å². The van der Waals surface area contributed by atoms with E-state index in [-0.39, 0.29) is 17.6 Å².